The molecule has 0 atom stereocenters. The van der Waals surface area contributed by atoms with Gasteiger partial charge >= 0.3 is 0 Å². The van der Waals surface area contributed by atoms with Crippen molar-refractivity contribution < 1.29 is 9.13 Å². The van der Waals surface area contributed by atoms with Crippen molar-refractivity contribution in [1.29, 1.82) is 0 Å². The molecule has 100 valence electrons. The van der Waals surface area contributed by atoms with E-state index < -0.39 is 0 Å². The summed E-state index contributed by atoms with van der Waals surface area (Å²) in [4.78, 5) is 0. The molecule has 0 spiro atoms. The zero-order valence-electron chi connectivity index (χ0n) is 10.6. The first kappa shape index (κ1) is 14.3. The fraction of sp³-hybridized carbons (Fsp3) is 0.200. The second kappa shape index (κ2) is 6.86. The van der Waals surface area contributed by atoms with Gasteiger partial charge in [0.1, 0.15) is 5.75 Å². The minimum atomic E-state index is -0.339. The van der Waals surface area contributed by atoms with Crippen LogP contribution >= 0.6 is 22.6 Å². The molecule has 0 heterocycles. The molecule has 0 bridgehead atoms. The average molecular weight is 371 g/mol. The van der Waals surface area contributed by atoms with Gasteiger partial charge in [0, 0.05) is 10.1 Å². The van der Waals surface area contributed by atoms with Crippen molar-refractivity contribution in [2.24, 2.45) is 0 Å². The number of nitrogens with one attached hydrogen (secondary N) is 1. The molecule has 1 N–H and O–H groups in total. The molecule has 0 amide bonds. The van der Waals surface area contributed by atoms with Crippen LogP contribution in [0.2, 0.25) is 0 Å². The van der Waals surface area contributed by atoms with Crippen molar-refractivity contribution in [2.45, 2.75) is 13.5 Å². The van der Waals surface area contributed by atoms with Gasteiger partial charge in [0.15, 0.2) is 11.6 Å². The fourth-order valence-electron chi connectivity index (χ4n) is 1.66. The van der Waals surface area contributed by atoms with E-state index in [1.165, 1.54) is 6.07 Å². The predicted octanol–water partition coefficient (Wildman–Crippen LogP) is 4.33. The maximum Gasteiger partial charge on any atom is 0.166 e. The Morgan fingerprint density at radius 1 is 1.21 bits per heavy atom. The van der Waals surface area contributed by atoms with Crippen LogP contribution in [0, 0.1) is 9.39 Å². The van der Waals surface area contributed by atoms with Crippen LogP contribution in [0.3, 0.4) is 0 Å². The minimum Gasteiger partial charge on any atom is -0.454 e. The molecule has 0 saturated heterocycles. The van der Waals surface area contributed by atoms with Crippen LogP contribution in [0.1, 0.15) is 12.5 Å². The predicted molar refractivity (Wildman–Crippen MR) is 83.0 cm³/mol. The van der Waals surface area contributed by atoms with E-state index in [0.717, 1.165) is 15.7 Å². The Kier molecular flexibility index (Phi) is 5.15. The molecule has 0 aliphatic carbocycles. The SMILES string of the molecule is CCNCc1ccc(Oc2cccc(I)c2)c(F)c1. The summed E-state index contributed by atoms with van der Waals surface area (Å²) in [6, 6.07) is 12.6. The van der Waals surface area contributed by atoms with Crippen molar-refractivity contribution >= 4 is 22.6 Å². The van der Waals surface area contributed by atoms with Crippen LogP contribution in [0.15, 0.2) is 42.5 Å². The molecule has 0 saturated carbocycles. The Morgan fingerprint density at radius 2 is 2.05 bits per heavy atom. The molecular formula is C15H15FINO. The van der Waals surface area contributed by atoms with Gasteiger partial charge in [0.2, 0.25) is 0 Å². The highest BCUT2D eigenvalue weighted by Crippen LogP contribution is 2.26. The number of rotatable bonds is 5. The zero-order chi connectivity index (χ0) is 13.7. The summed E-state index contributed by atoms with van der Waals surface area (Å²) in [5.74, 6) is 0.557. The number of halogens is 2. The van der Waals surface area contributed by atoms with Gasteiger partial charge in [-0.15, -0.1) is 0 Å². The summed E-state index contributed by atoms with van der Waals surface area (Å²) in [5.41, 5.74) is 0.911. The highest BCUT2D eigenvalue weighted by atomic mass is 127. The summed E-state index contributed by atoms with van der Waals surface area (Å²) in [6.45, 7) is 3.55. The Hall–Kier alpha value is -1.14. The highest BCUT2D eigenvalue weighted by Gasteiger charge is 2.06. The topological polar surface area (TPSA) is 21.3 Å². The smallest absolute Gasteiger partial charge is 0.166 e. The van der Waals surface area contributed by atoms with Crippen LogP contribution in [0.25, 0.3) is 0 Å². The Morgan fingerprint density at radius 3 is 2.74 bits per heavy atom. The second-order valence-corrected chi connectivity index (χ2v) is 5.35. The van der Waals surface area contributed by atoms with Crippen LogP contribution < -0.4 is 10.1 Å². The summed E-state index contributed by atoms with van der Waals surface area (Å²) in [7, 11) is 0. The van der Waals surface area contributed by atoms with Gasteiger partial charge in [0.25, 0.3) is 0 Å². The summed E-state index contributed by atoms with van der Waals surface area (Å²) < 4.78 is 20.5. The molecular weight excluding hydrogens is 356 g/mol. The largest absolute Gasteiger partial charge is 0.454 e. The average Bonchev–Trinajstić information content (AvgIpc) is 2.39. The molecule has 0 unspecified atom stereocenters. The number of benzene rings is 2. The summed E-state index contributed by atoms with van der Waals surface area (Å²) in [5, 5.41) is 3.16. The first-order chi connectivity index (χ1) is 9.19. The lowest BCUT2D eigenvalue weighted by molar-refractivity contribution is 0.441. The van der Waals surface area contributed by atoms with E-state index in [9.17, 15) is 4.39 Å². The molecule has 2 rings (SSSR count). The van der Waals surface area contributed by atoms with Gasteiger partial charge in [0.05, 0.1) is 0 Å². The first-order valence-electron chi connectivity index (χ1n) is 6.11. The van der Waals surface area contributed by atoms with E-state index in [1.807, 2.05) is 37.3 Å². The van der Waals surface area contributed by atoms with Crippen LogP contribution in [-0.4, -0.2) is 6.54 Å². The Bertz CT molecular complexity index is 560. The zero-order valence-corrected chi connectivity index (χ0v) is 12.8. The number of hydrogen-bond acceptors (Lipinski definition) is 2. The summed E-state index contributed by atoms with van der Waals surface area (Å²) in [6.07, 6.45) is 0. The van der Waals surface area contributed by atoms with E-state index in [-0.39, 0.29) is 11.6 Å². The second-order valence-electron chi connectivity index (χ2n) is 4.10. The van der Waals surface area contributed by atoms with Gasteiger partial charge < -0.3 is 10.1 Å². The third-order valence-corrected chi connectivity index (χ3v) is 3.27. The molecule has 2 nitrogen and oxygen atoms in total. The third kappa shape index (κ3) is 4.18. The van der Waals surface area contributed by atoms with Crippen molar-refractivity contribution in [1.82, 2.24) is 5.32 Å². The molecule has 0 aliphatic heterocycles. The molecule has 0 aromatic heterocycles. The number of ether oxygens (including phenoxy) is 1. The van der Waals surface area contributed by atoms with Crippen LogP contribution in [-0.2, 0) is 6.54 Å². The van der Waals surface area contributed by atoms with Gasteiger partial charge in [-0.05, 0) is 65.0 Å². The van der Waals surface area contributed by atoms with Gasteiger partial charge in [-0.1, -0.05) is 19.1 Å². The van der Waals surface area contributed by atoms with Gasteiger partial charge in [-0.3, -0.25) is 0 Å². The van der Waals surface area contributed by atoms with E-state index in [4.69, 9.17) is 4.74 Å². The van der Waals surface area contributed by atoms with E-state index in [2.05, 4.69) is 27.9 Å². The Balaban J connectivity index is 2.13. The number of hydrogen-bond donors (Lipinski definition) is 1. The molecule has 0 radical (unpaired) electrons. The fourth-order valence-corrected chi connectivity index (χ4v) is 2.18. The molecule has 19 heavy (non-hydrogen) atoms. The van der Waals surface area contributed by atoms with Crippen molar-refractivity contribution in [2.75, 3.05) is 6.54 Å². The van der Waals surface area contributed by atoms with Crippen molar-refractivity contribution in [3.8, 4) is 11.5 Å². The van der Waals surface area contributed by atoms with E-state index in [0.29, 0.717) is 12.3 Å². The van der Waals surface area contributed by atoms with Gasteiger partial charge in [-0.25, -0.2) is 4.39 Å². The normalized spacial score (nSPS) is 10.5. The lowest BCUT2D eigenvalue weighted by Gasteiger charge is -2.09. The maximum absolute atomic E-state index is 13.9. The first-order valence-corrected chi connectivity index (χ1v) is 7.19. The van der Waals surface area contributed by atoms with Gasteiger partial charge in [-0.2, -0.15) is 0 Å². The van der Waals surface area contributed by atoms with E-state index in [1.54, 1.807) is 6.07 Å². The lowest BCUT2D eigenvalue weighted by atomic mass is 10.2. The molecule has 2 aromatic rings. The van der Waals surface area contributed by atoms with Crippen LogP contribution in [0.5, 0.6) is 11.5 Å². The maximum atomic E-state index is 13.9. The highest BCUT2D eigenvalue weighted by molar-refractivity contribution is 14.1. The molecule has 2 aromatic carbocycles. The van der Waals surface area contributed by atoms with E-state index >= 15 is 0 Å². The van der Waals surface area contributed by atoms with Crippen molar-refractivity contribution in [3.05, 3.63) is 57.4 Å². The summed E-state index contributed by atoms with van der Waals surface area (Å²) >= 11 is 2.20. The standard InChI is InChI=1S/C15H15FINO/c1-2-18-10-11-6-7-15(14(16)8-11)19-13-5-3-4-12(17)9-13/h3-9,18H,2,10H2,1H3. The van der Waals surface area contributed by atoms with Crippen molar-refractivity contribution in [3.63, 3.8) is 0 Å². The Labute approximate surface area is 126 Å². The lowest BCUT2D eigenvalue weighted by Crippen LogP contribution is -2.11. The third-order valence-electron chi connectivity index (χ3n) is 2.60. The quantitative estimate of drug-likeness (QED) is 0.790. The van der Waals surface area contributed by atoms with Crippen LogP contribution in [0.4, 0.5) is 4.39 Å². The monoisotopic (exact) mass is 371 g/mol. The minimum absolute atomic E-state index is 0.252. The molecule has 0 fully saturated rings. The molecule has 4 heteroatoms. The molecule has 0 aliphatic rings.